The first-order chi connectivity index (χ1) is 14.7. The number of rotatable bonds is 7. The third-order valence-electron chi connectivity index (χ3n) is 5.21. The number of hydrogen-bond donors (Lipinski definition) is 0. The summed E-state index contributed by atoms with van der Waals surface area (Å²) in [6.07, 6.45) is 0.983. The largest absolute Gasteiger partial charge is 0.488 e. The summed E-state index contributed by atoms with van der Waals surface area (Å²) in [6, 6.07) is 12.5. The van der Waals surface area contributed by atoms with Gasteiger partial charge in [0.2, 0.25) is 0 Å². The molecule has 6 heteroatoms. The quantitative estimate of drug-likeness (QED) is 0.382. The molecule has 1 aromatic carbocycles. The molecule has 0 fully saturated rings. The van der Waals surface area contributed by atoms with Crippen molar-refractivity contribution in [2.24, 2.45) is 7.05 Å². The lowest BCUT2D eigenvalue weighted by molar-refractivity contribution is -0.0908. The number of aryl methyl sites for hydroxylation is 1. The zero-order valence-corrected chi connectivity index (χ0v) is 17.8. The maximum Gasteiger partial charge on any atom is 0.412 e. The van der Waals surface area contributed by atoms with Gasteiger partial charge in [0.1, 0.15) is 18.0 Å². The molecule has 0 atom stereocenters. The normalized spacial score (nSPS) is 13.3. The predicted molar refractivity (Wildman–Crippen MR) is 120 cm³/mol. The number of pyridine rings is 1. The Morgan fingerprint density at radius 1 is 1.16 bits per heavy atom. The van der Waals surface area contributed by atoms with Crippen LogP contribution < -0.4 is 4.74 Å². The molecule has 3 nitrogen and oxygen atoms in total. The highest BCUT2D eigenvalue weighted by molar-refractivity contribution is 5.81. The first kappa shape index (κ1) is 22.4. The summed E-state index contributed by atoms with van der Waals surface area (Å²) in [4.78, 5) is 4.43. The number of fused-ring (bicyclic) bond motifs is 1. The molecule has 0 bridgehead atoms. The van der Waals surface area contributed by atoms with E-state index in [1.807, 2.05) is 30.7 Å². The van der Waals surface area contributed by atoms with Gasteiger partial charge in [0.25, 0.3) is 0 Å². The van der Waals surface area contributed by atoms with Gasteiger partial charge in [-0.05, 0) is 55.2 Å². The van der Waals surface area contributed by atoms with Crippen LogP contribution in [0.25, 0.3) is 22.7 Å². The monoisotopic (exact) mass is 426 g/mol. The van der Waals surface area contributed by atoms with Gasteiger partial charge in [0, 0.05) is 23.7 Å². The van der Waals surface area contributed by atoms with E-state index in [1.165, 1.54) is 0 Å². The highest BCUT2D eigenvalue weighted by Gasteiger charge is 2.32. The van der Waals surface area contributed by atoms with Crippen molar-refractivity contribution in [2.75, 3.05) is 6.61 Å². The standard InChI is InChI=1S/C25H25F3N2O/c1-5-21-13-20-14-22(15-29-24(20)30(21)4)31-16-17(2)11-12-23(18(3)25(26,27)28)19-9-7-6-8-10-19/h5-11,13-15H,1,12,16H2,2-4H3/b17-11+,23-18-. The summed E-state index contributed by atoms with van der Waals surface area (Å²) < 4.78 is 47.8. The summed E-state index contributed by atoms with van der Waals surface area (Å²) in [7, 11) is 1.92. The fraction of sp³-hybridized carbons (Fsp3) is 0.240. The second-order valence-electron chi connectivity index (χ2n) is 7.43. The number of hydrogen-bond acceptors (Lipinski definition) is 2. The van der Waals surface area contributed by atoms with Crippen molar-refractivity contribution in [3.8, 4) is 5.75 Å². The van der Waals surface area contributed by atoms with E-state index in [-0.39, 0.29) is 18.6 Å². The van der Waals surface area contributed by atoms with Gasteiger partial charge in [0.15, 0.2) is 0 Å². The smallest absolute Gasteiger partial charge is 0.412 e. The van der Waals surface area contributed by atoms with E-state index in [4.69, 9.17) is 4.74 Å². The summed E-state index contributed by atoms with van der Waals surface area (Å²) in [6.45, 7) is 7.03. The topological polar surface area (TPSA) is 27.1 Å². The van der Waals surface area contributed by atoms with Crippen molar-refractivity contribution < 1.29 is 17.9 Å². The first-order valence-corrected chi connectivity index (χ1v) is 9.89. The summed E-state index contributed by atoms with van der Waals surface area (Å²) >= 11 is 0. The average Bonchev–Trinajstić information content (AvgIpc) is 3.07. The third kappa shape index (κ3) is 5.26. The third-order valence-corrected chi connectivity index (χ3v) is 5.21. The van der Waals surface area contributed by atoms with Gasteiger partial charge in [-0.25, -0.2) is 4.98 Å². The molecule has 0 aliphatic carbocycles. The predicted octanol–water partition coefficient (Wildman–Crippen LogP) is 6.97. The molecule has 162 valence electrons. The maximum atomic E-state index is 13.3. The molecule has 3 aromatic rings. The van der Waals surface area contributed by atoms with Crippen molar-refractivity contribution >= 4 is 22.7 Å². The molecule has 0 saturated carbocycles. The minimum atomic E-state index is -4.37. The molecule has 0 radical (unpaired) electrons. The van der Waals surface area contributed by atoms with Gasteiger partial charge >= 0.3 is 6.18 Å². The van der Waals surface area contributed by atoms with Crippen LogP contribution >= 0.6 is 0 Å². The van der Waals surface area contributed by atoms with Crippen molar-refractivity contribution in [3.05, 3.63) is 83.7 Å². The van der Waals surface area contributed by atoms with Crippen LogP contribution in [0.1, 0.15) is 31.5 Å². The van der Waals surface area contributed by atoms with Crippen LogP contribution in [-0.2, 0) is 7.05 Å². The van der Waals surface area contributed by atoms with Crippen molar-refractivity contribution in [3.63, 3.8) is 0 Å². The second-order valence-corrected chi connectivity index (χ2v) is 7.43. The average molecular weight is 426 g/mol. The van der Waals surface area contributed by atoms with Crippen molar-refractivity contribution in [1.29, 1.82) is 0 Å². The lowest BCUT2D eigenvalue weighted by Gasteiger charge is -2.15. The zero-order valence-electron chi connectivity index (χ0n) is 17.8. The minimum Gasteiger partial charge on any atom is -0.488 e. The second kappa shape index (κ2) is 9.25. The van der Waals surface area contributed by atoms with Crippen molar-refractivity contribution in [1.82, 2.24) is 9.55 Å². The Kier molecular flexibility index (Phi) is 6.68. The van der Waals surface area contributed by atoms with Gasteiger partial charge in [-0.15, -0.1) is 0 Å². The Morgan fingerprint density at radius 3 is 2.52 bits per heavy atom. The molecular weight excluding hydrogens is 401 g/mol. The molecule has 2 aromatic heterocycles. The van der Waals surface area contributed by atoms with E-state index in [9.17, 15) is 13.2 Å². The SMILES string of the molecule is C=Cc1cc2cc(OC/C(C)=C/C/C(=C(\C)C(F)(F)F)c3ccccc3)cnc2n1C. The van der Waals surface area contributed by atoms with Crippen LogP contribution in [0.4, 0.5) is 13.2 Å². The van der Waals surface area contributed by atoms with E-state index >= 15 is 0 Å². The van der Waals surface area contributed by atoms with Crippen LogP contribution in [0, 0.1) is 0 Å². The molecule has 0 saturated heterocycles. The van der Waals surface area contributed by atoms with E-state index in [0.29, 0.717) is 11.3 Å². The Bertz CT molecular complexity index is 1140. The minimum absolute atomic E-state index is 0.170. The number of halogens is 3. The van der Waals surface area contributed by atoms with E-state index < -0.39 is 11.7 Å². The van der Waals surface area contributed by atoms with E-state index in [2.05, 4.69) is 11.6 Å². The Balaban J connectivity index is 1.75. The highest BCUT2D eigenvalue weighted by atomic mass is 19.4. The van der Waals surface area contributed by atoms with Gasteiger partial charge in [-0.3, -0.25) is 0 Å². The number of benzene rings is 1. The molecular formula is C25H25F3N2O. The first-order valence-electron chi connectivity index (χ1n) is 9.89. The number of aromatic nitrogens is 2. The van der Waals surface area contributed by atoms with E-state index in [0.717, 1.165) is 29.2 Å². The molecule has 0 amide bonds. The van der Waals surface area contributed by atoms with Crippen LogP contribution in [0.5, 0.6) is 5.75 Å². The molecule has 0 aliphatic rings. The Labute approximate surface area is 180 Å². The van der Waals surface area contributed by atoms with Crippen molar-refractivity contribution in [2.45, 2.75) is 26.4 Å². The summed E-state index contributed by atoms with van der Waals surface area (Å²) in [5, 5.41) is 0.937. The van der Waals surface area contributed by atoms with Crippen LogP contribution in [0.2, 0.25) is 0 Å². The fourth-order valence-corrected chi connectivity index (χ4v) is 3.32. The van der Waals surface area contributed by atoms with Crippen LogP contribution in [0.15, 0.2) is 72.5 Å². The van der Waals surface area contributed by atoms with Gasteiger partial charge in [-0.1, -0.05) is 43.0 Å². The lowest BCUT2D eigenvalue weighted by atomic mass is 9.96. The number of ether oxygens (including phenoxy) is 1. The molecule has 2 heterocycles. The number of alkyl halides is 3. The molecule has 0 aliphatic heterocycles. The molecule has 0 unspecified atom stereocenters. The van der Waals surface area contributed by atoms with Crippen LogP contribution in [0.3, 0.4) is 0 Å². The summed E-state index contributed by atoms with van der Waals surface area (Å²) in [5.74, 6) is 0.603. The van der Waals surface area contributed by atoms with Crippen LogP contribution in [-0.4, -0.2) is 22.3 Å². The fourth-order valence-electron chi connectivity index (χ4n) is 3.32. The number of allylic oxidation sites excluding steroid dienone is 3. The van der Waals surface area contributed by atoms with Gasteiger partial charge in [-0.2, -0.15) is 13.2 Å². The zero-order chi connectivity index (χ0) is 22.6. The van der Waals surface area contributed by atoms with E-state index in [1.54, 1.807) is 48.7 Å². The van der Waals surface area contributed by atoms with Gasteiger partial charge in [0.05, 0.1) is 6.20 Å². The molecule has 31 heavy (non-hydrogen) atoms. The molecule has 0 N–H and O–H groups in total. The van der Waals surface area contributed by atoms with Gasteiger partial charge < -0.3 is 9.30 Å². The lowest BCUT2D eigenvalue weighted by Crippen LogP contribution is -2.11. The maximum absolute atomic E-state index is 13.3. The highest BCUT2D eigenvalue weighted by Crippen LogP contribution is 2.34. The molecule has 0 spiro atoms. The Hall–Kier alpha value is -3.28. The molecule has 3 rings (SSSR count). The Morgan fingerprint density at radius 2 is 1.87 bits per heavy atom. The summed E-state index contributed by atoms with van der Waals surface area (Å²) in [5.41, 5.74) is 2.87. The number of nitrogens with zero attached hydrogens (tertiary/aromatic N) is 2.